The van der Waals surface area contributed by atoms with Crippen molar-refractivity contribution in [2.75, 3.05) is 0 Å². The summed E-state index contributed by atoms with van der Waals surface area (Å²) in [5.74, 6) is 0.579. The van der Waals surface area contributed by atoms with Crippen LogP contribution in [0.3, 0.4) is 0 Å². The van der Waals surface area contributed by atoms with Crippen LogP contribution in [0.4, 0.5) is 0 Å². The number of nitrogens with one attached hydrogen (secondary N) is 1. The number of furan rings is 1. The number of rotatable bonds is 2. The molecule has 24 heavy (non-hydrogen) atoms. The first kappa shape index (κ1) is 13.7. The molecule has 0 amide bonds. The van der Waals surface area contributed by atoms with Crippen molar-refractivity contribution in [1.82, 2.24) is 15.2 Å². The Morgan fingerprint density at radius 2 is 1.88 bits per heavy atom. The summed E-state index contributed by atoms with van der Waals surface area (Å²) in [6.45, 7) is 0. The molecule has 4 rings (SSSR count). The Morgan fingerprint density at radius 1 is 1.04 bits per heavy atom. The van der Waals surface area contributed by atoms with Crippen LogP contribution >= 0.6 is 0 Å². The van der Waals surface area contributed by atoms with Gasteiger partial charge in [-0.15, -0.1) is 0 Å². The van der Waals surface area contributed by atoms with E-state index in [1.165, 1.54) is 0 Å². The second-order valence-electron chi connectivity index (χ2n) is 5.12. The standard InChI is InChI=1S/C18H9N5O/c19-8-11-3-5-12(6-4-11)17-13(9-20)16(15-2-1-7-24-15)14-10-21-23-18(14)22-17/h1-7,10H,(H,21,22,23). The van der Waals surface area contributed by atoms with Gasteiger partial charge in [-0.1, -0.05) is 12.1 Å². The molecule has 1 N–H and O–H groups in total. The number of pyridine rings is 1. The van der Waals surface area contributed by atoms with Gasteiger partial charge in [0.15, 0.2) is 5.65 Å². The molecule has 0 aliphatic heterocycles. The molecule has 3 aromatic heterocycles. The summed E-state index contributed by atoms with van der Waals surface area (Å²) in [5.41, 5.74) is 3.44. The van der Waals surface area contributed by atoms with Gasteiger partial charge in [0.05, 0.1) is 40.7 Å². The van der Waals surface area contributed by atoms with Gasteiger partial charge >= 0.3 is 0 Å². The minimum absolute atomic E-state index is 0.406. The van der Waals surface area contributed by atoms with Crippen molar-refractivity contribution < 1.29 is 4.42 Å². The first-order chi connectivity index (χ1) is 11.8. The molecule has 0 fully saturated rings. The van der Waals surface area contributed by atoms with Gasteiger partial charge < -0.3 is 4.42 Å². The summed E-state index contributed by atoms with van der Waals surface area (Å²) >= 11 is 0. The highest BCUT2D eigenvalue weighted by molar-refractivity contribution is 5.97. The van der Waals surface area contributed by atoms with E-state index in [2.05, 4.69) is 27.3 Å². The highest BCUT2D eigenvalue weighted by atomic mass is 16.3. The largest absolute Gasteiger partial charge is 0.464 e. The van der Waals surface area contributed by atoms with Crippen molar-refractivity contribution in [1.29, 1.82) is 10.5 Å². The van der Waals surface area contributed by atoms with Crippen LogP contribution in [0.15, 0.2) is 53.3 Å². The number of benzene rings is 1. The Balaban J connectivity index is 2.06. The third-order valence-corrected chi connectivity index (χ3v) is 3.77. The van der Waals surface area contributed by atoms with E-state index in [-0.39, 0.29) is 0 Å². The average molecular weight is 311 g/mol. The molecule has 0 saturated heterocycles. The summed E-state index contributed by atoms with van der Waals surface area (Å²) in [7, 11) is 0. The average Bonchev–Trinajstić information content (AvgIpc) is 3.31. The van der Waals surface area contributed by atoms with Crippen LogP contribution in [-0.2, 0) is 0 Å². The third-order valence-electron chi connectivity index (χ3n) is 3.77. The minimum Gasteiger partial charge on any atom is -0.464 e. The fourth-order valence-corrected chi connectivity index (χ4v) is 2.67. The predicted octanol–water partition coefficient (Wildman–Crippen LogP) is 3.63. The monoisotopic (exact) mass is 311 g/mol. The van der Waals surface area contributed by atoms with Gasteiger partial charge in [0, 0.05) is 11.1 Å². The van der Waals surface area contributed by atoms with E-state index >= 15 is 0 Å². The maximum absolute atomic E-state index is 9.74. The van der Waals surface area contributed by atoms with Gasteiger partial charge in [0.25, 0.3) is 0 Å². The normalized spacial score (nSPS) is 10.4. The topological polar surface area (TPSA) is 102 Å². The SMILES string of the molecule is N#Cc1ccc(-c2nc3[nH]ncc3c(-c3ccco3)c2C#N)cc1. The van der Waals surface area contributed by atoms with E-state index in [1.807, 2.05) is 0 Å². The Hall–Kier alpha value is -3.90. The van der Waals surface area contributed by atoms with Crippen molar-refractivity contribution in [3.05, 3.63) is 60.0 Å². The van der Waals surface area contributed by atoms with Crippen LogP contribution in [0, 0.1) is 22.7 Å². The van der Waals surface area contributed by atoms with Gasteiger partial charge in [0.2, 0.25) is 0 Å². The Morgan fingerprint density at radius 3 is 2.54 bits per heavy atom. The first-order valence-electron chi connectivity index (χ1n) is 7.13. The maximum Gasteiger partial charge on any atom is 0.156 e. The number of hydrogen-bond acceptors (Lipinski definition) is 5. The van der Waals surface area contributed by atoms with Crippen molar-refractivity contribution in [3.8, 4) is 34.7 Å². The molecule has 4 aromatic rings. The summed E-state index contributed by atoms with van der Waals surface area (Å²) in [4.78, 5) is 4.54. The molecular formula is C18H9N5O. The molecule has 1 aromatic carbocycles. The molecule has 0 atom stereocenters. The minimum atomic E-state index is 0.406. The van der Waals surface area contributed by atoms with Gasteiger partial charge in [-0.05, 0) is 24.3 Å². The smallest absolute Gasteiger partial charge is 0.156 e. The number of fused-ring (bicyclic) bond motifs is 1. The number of aromatic nitrogens is 3. The highest BCUT2D eigenvalue weighted by Crippen LogP contribution is 2.36. The van der Waals surface area contributed by atoms with E-state index in [0.29, 0.717) is 33.8 Å². The Kier molecular flexibility index (Phi) is 3.08. The summed E-state index contributed by atoms with van der Waals surface area (Å²) in [5, 5.41) is 26.3. The van der Waals surface area contributed by atoms with Crippen LogP contribution in [-0.4, -0.2) is 15.2 Å². The molecule has 3 heterocycles. The summed E-state index contributed by atoms with van der Waals surface area (Å²) in [6, 6.07) is 14.8. The van der Waals surface area contributed by atoms with E-state index in [4.69, 9.17) is 9.68 Å². The zero-order chi connectivity index (χ0) is 16.5. The lowest BCUT2D eigenvalue weighted by Gasteiger charge is -2.09. The molecule has 6 heteroatoms. The quantitative estimate of drug-likeness (QED) is 0.609. The van der Waals surface area contributed by atoms with E-state index in [1.54, 1.807) is 48.9 Å². The molecule has 0 aliphatic carbocycles. The van der Waals surface area contributed by atoms with Crippen molar-refractivity contribution >= 4 is 11.0 Å². The molecule has 6 nitrogen and oxygen atoms in total. The molecule has 0 aliphatic rings. The number of hydrogen-bond donors (Lipinski definition) is 1. The molecular weight excluding hydrogens is 302 g/mol. The van der Waals surface area contributed by atoms with Crippen LogP contribution in [0.2, 0.25) is 0 Å². The lowest BCUT2D eigenvalue weighted by molar-refractivity contribution is 0.583. The van der Waals surface area contributed by atoms with Gasteiger partial charge in [-0.3, -0.25) is 5.10 Å². The van der Waals surface area contributed by atoms with Gasteiger partial charge in [0.1, 0.15) is 11.8 Å². The molecule has 0 radical (unpaired) electrons. The number of aromatic amines is 1. The molecule has 112 valence electrons. The number of nitrogens with zero attached hydrogens (tertiary/aromatic N) is 4. The van der Waals surface area contributed by atoms with E-state index < -0.39 is 0 Å². The zero-order valence-corrected chi connectivity index (χ0v) is 12.3. The number of nitriles is 2. The first-order valence-corrected chi connectivity index (χ1v) is 7.13. The van der Waals surface area contributed by atoms with Crippen molar-refractivity contribution in [3.63, 3.8) is 0 Å². The molecule has 0 bridgehead atoms. The fraction of sp³-hybridized carbons (Fsp3) is 0. The summed E-state index contributed by atoms with van der Waals surface area (Å²) in [6.07, 6.45) is 3.19. The van der Waals surface area contributed by atoms with Crippen LogP contribution in [0.25, 0.3) is 33.6 Å². The van der Waals surface area contributed by atoms with Gasteiger partial charge in [-0.2, -0.15) is 15.6 Å². The molecule has 0 saturated carbocycles. The second-order valence-corrected chi connectivity index (χ2v) is 5.12. The predicted molar refractivity (Wildman–Crippen MR) is 86.5 cm³/mol. The zero-order valence-electron chi connectivity index (χ0n) is 12.3. The van der Waals surface area contributed by atoms with Gasteiger partial charge in [-0.25, -0.2) is 4.98 Å². The van der Waals surface area contributed by atoms with E-state index in [9.17, 15) is 5.26 Å². The van der Waals surface area contributed by atoms with Crippen LogP contribution in [0.1, 0.15) is 11.1 Å². The lowest BCUT2D eigenvalue weighted by atomic mass is 9.97. The van der Waals surface area contributed by atoms with Crippen LogP contribution in [0.5, 0.6) is 0 Å². The highest BCUT2D eigenvalue weighted by Gasteiger charge is 2.20. The van der Waals surface area contributed by atoms with Crippen molar-refractivity contribution in [2.24, 2.45) is 0 Å². The van der Waals surface area contributed by atoms with Crippen molar-refractivity contribution in [2.45, 2.75) is 0 Å². The Bertz CT molecular complexity index is 1110. The second kappa shape index (κ2) is 5.38. The van der Waals surface area contributed by atoms with Crippen LogP contribution < -0.4 is 0 Å². The maximum atomic E-state index is 9.74. The number of H-pyrrole nitrogens is 1. The Labute approximate surface area is 136 Å². The summed E-state index contributed by atoms with van der Waals surface area (Å²) < 4.78 is 5.50. The fourth-order valence-electron chi connectivity index (χ4n) is 2.67. The van der Waals surface area contributed by atoms with E-state index in [0.717, 1.165) is 10.9 Å². The molecule has 0 unspecified atom stereocenters. The lowest BCUT2D eigenvalue weighted by Crippen LogP contribution is -1.95. The molecule has 0 spiro atoms. The third kappa shape index (κ3) is 2.03.